The average Bonchev–Trinajstić information content (AvgIpc) is 3.93. The Morgan fingerprint density at radius 1 is 0.873 bits per heavy atom. The van der Waals surface area contributed by atoms with Gasteiger partial charge in [-0.2, -0.15) is 0 Å². The Labute approximate surface area is 324 Å². The number of methoxy groups -OCH3 is 3. The van der Waals surface area contributed by atoms with Crippen LogP contribution >= 0.6 is 0 Å². The van der Waals surface area contributed by atoms with Crippen LogP contribution in [0.25, 0.3) is 10.8 Å². The molecule has 1 saturated heterocycles. The minimum atomic E-state index is -3.05. The van der Waals surface area contributed by atoms with Gasteiger partial charge in [0, 0.05) is 14.2 Å². The molecule has 12 heteroatoms. The highest BCUT2D eigenvalue weighted by molar-refractivity contribution is 6.99. The Bertz CT molecular complexity index is 1980. The van der Waals surface area contributed by atoms with Crippen molar-refractivity contribution in [1.82, 2.24) is 10.6 Å². The Morgan fingerprint density at radius 2 is 1.45 bits per heavy atom. The fourth-order valence-electron chi connectivity index (χ4n) is 6.87. The van der Waals surface area contributed by atoms with Gasteiger partial charge in [0.05, 0.1) is 31.6 Å². The van der Waals surface area contributed by atoms with Gasteiger partial charge in [-0.05, 0) is 64.7 Å². The number of benzene rings is 4. The largest absolute Gasteiger partial charge is 0.497 e. The monoisotopic (exact) mass is 768 g/mol. The zero-order valence-electron chi connectivity index (χ0n) is 33.1. The minimum Gasteiger partial charge on any atom is -0.497 e. The summed E-state index contributed by atoms with van der Waals surface area (Å²) in [4.78, 5) is 41.4. The van der Waals surface area contributed by atoms with Crippen LogP contribution in [0.4, 0.5) is 0 Å². The highest BCUT2D eigenvalue weighted by Gasteiger charge is 2.54. The second kappa shape index (κ2) is 16.5. The summed E-state index contributed by atoms with van der Waals surface area (Å²) in [5, 5.41) is 8.70. The van der Waals surface area contributed by atoms with Gasteiger partial charge in [0.1, 0.15) is 17.4 Å². The molecule has 55 heavy (non-hydrogen) atoms. The first-order valence-corrected chi connectivity index (χ1v) is 20.0. The molecule has 0 bridgehead atoms. The molecule has 4 aromatic carbocycles. The predicted molar refractivity (Wildman–Crippen MR) is 214 cm³/mol. The van der Waals surface area contributed by atoms with Crippen molar-refractivity contribution in [3.8, 4) is 5.75 Å². The van der Waals surface area contributed by atoms with Gasteiger partial charge in [-0.25, -0.2) is 4.79 Å². The third-order valence-corrected chi connectivity index (χ3v) is 15.4. The molecule has 1 aliphatic rings. The van der Waals surface area contributed by atoms with E-state index in [2.05, 4.69) is 62.2 Å². The summed E-state index contributed by atoms with van der Waals surface area (Å²) in [5.74, 6) is -3.14. The average molecular weight is 769 g/mol. The van der Waals surface area contributed by atoms with Crippen molar-refractivity contribution >= 4 is 47.2 Å². The van der Waals surface area contributed by atoms with E-state index in [1.807, 2.05) is 61.5 Å². The van der Waals surface area contributed by atoms with Crippen LogP contribution in [0.5, 0.6) is 5.75 Å². The standard InChI is InChI=1S/C43H52N2O9Si/c1-28-18-17-23-33-34(28)24-30(49-8)25-35(33)40(48)54-37(42(6)27-52-42)39(47)44-29(2)38(46)45-36(43(7,50-9)51-10)26-53-55(41(3,4)5,31-19-13-11-14-20-31)32-21-15-12-16-22-32/h11-25,36-37H,2,26-27H2,1,3-10H3,(H,44,47)(H,45,46)/t36-,37-,42-/m1/s1. The van der Waals surface area contributed by atoms with Gasteiger partial charge >= 0.3 is 5.97 Å². The lowest BCUT2D eigenvalue weighted by atomic mass is 10.00. The number of rotatable bonds is 16. The van der Waals surface area contributed by atoms with E-state index in [0.717, 1.165) is 21.3 Å². The molecule has 2 N–H and O–H groups in total. The first kappa shape index (κ1) is 41.3. The Morgan fingerprint density at radius 3 is 1.96 bits per heavy atom. The van der Waals surface area contributed by atoms with Gasteiger partial charge in [-0.15, -0.1) is 0 Å². The molecular formula is C43H52N2O9Si. The molecule has 0 aromatic heterocycles. The Hall–Kier alpha value is -4.85. The minimum absolute atomic E-state index is 0.0153. The molecule has 1 aliphatic heterocycles. The van der Waals surface area contributed by atoms with Gasteiger partial charge in [0.15, 0.2) is 5.79 Å². The maximum absolute atomic E-state index is 13.9. The lowest BCUT2D eigenvalue weighted by Crippen LogP contribution is -2.68. The molecule has 0 unspecified atom stereocenters. The molecule has 0 aliphatic carbocycles. The van der Waals surface area contributed by atoms with Gasteiger partial charge in [0.2, 0.25) is 6.10 Å². The van der Waals surface area contributed by atoms with Crippen molar-refractivity contribution in [2.24, 2.45) is 0 Å². The lowest BCUT2D eigenvalue weighted by molar-refractivity contribution is -0.216. The van der Waals surface area contributed by atoms with E-state index in [1.54, 1.807) is 26.0 Å². The first-order chi connectivity index (χ1) is 26.0. The molecule has 3 atom stereocenters. The summed E-state index contributed by atoms with van der Waals surface area (Å²) >= 11 is 0. The third-order valence-electron chi connectivity index (χ3n) is 10.4. The third kappa shape index (κ3) is 8.53. The van der Waals surface area contributed by atoms with E-state index in [0.29, 0.717) is 11.1 Å². The highest BCUT2D eigenvalue weighted by atomic mass is 28.4. The molecule has 0 saturated carbocycles. The second-order valence-corrected chi connectivity index (χ2v) is 19.4. The summed E-state index contributed by atoms with van der Waals surface area (Å²) in [6.07, 6.45) is -1.41. The molecule has 1 fully saturated rings. The lowest BCUT2D eigenvalue weighted by Gasteiger charge is -2.45. The number of ether oxygens (including phenoxy) is 5. The van der Waals surface area contributed by atoms with Crippen LogP contribution in [-0.2, 0) is 33.0 Å². The summed E-state index contributed by atoms with van der Waals surface area (Å²) in [6, 6.07) is 28.3. The van der Waals surface area contributed by atoms with Crippen molar-refractivity contribution in [2.45, 2.75) is 70.1 Å². The van der Waals surface area contributed by atoms with Crippen LogP contribution in [0, 0.1) is 6.92 Å². The zero-order valence-corrected chi connectivity index (χ0v) is 34.1. The van der Waals surface area contributed by atoms with Crippen LogP contribution in [0.2, 0.25) is 5.04 Å². The van der Waals surface area contributed by atoms with Gasteiger partial charge < -0.3 is 38.7 Å². The van der Waals surface area contributed by atoms with Gasteiger partial charge in [0.25, 0.3) is 20.1 Å². The van der Waals surface area contributed by atoms with E-state index in [4.69, 9.17) is 28.1 Å². The first-order valence-electron chi connectivity index (χ1n) is 18.1. The van der Waals surface area contributed by atoms with Crippen LogP contribution < -0.4 is 25.7 Å². The molecule has 2 amide bonds. The molecular weight excluding hydrogens is 717 g/mol. The highest BCUT2D eigenvalue weighted by Crippen LogP contribution is 2.38. The molecule has 0 spiro atoms. The van der Waals surface area contributed by atoms with Crippen LogP contribution in [0.1, 0.15) is 50.5 Å². The van der Waals surface area contributed by atoms with Crippen LogP contribution in [0.15, 0.2) is 103 Å². The number of esters is 1. The number of carbonyl (C=O) groups is 3. The SMILES string of the molecule is C=C(NC(=O)[C@@H](OC(=O)c1cc(OC)cc2c(C)cccc12)[C@@]1(C)CO1)C(=O)N[C@H](CO[Si](c1ccccc1)(c1ccccc1)C(C)(C)C)C(C)(OC)OC. The summed E-state index contributed by atoms with van der Waals surface area (Å²) < 4.78 is 35.6. The number of amides is 2. The van der Waals surface area contributed by atoms with Crippen molar-refractivity contribution < 1.29 is 42.5 Å². The van der Waals surface area contributed by atoms with Crippen LogP contribution in [0.3, 0.4) is 0 Å². The van der Waals surface area contributed by atoms with E-state index in [1.165, 1.54) is 21.3 Å². The molecule has 4 aromatic rings. The molecule has 0 radical (unpaired) electrons. The van der Waals surface area contributed by atoms with Crippen molar-refractivity contribution in [1.29, 1.82) is 0 Å². The second-order valence-electron chi connectivity index (χ2n) is 15.1. The number of epoxide rings is 1. The van der Waals surface area contributed by atoms with Gasteiger partial charge in [-0.3, -0.25) is 9.59 Å². The van der Waals surface area contributed by atoms with E-state index >= 15 is 0 Å². The molecule has 5 rings (SSSR count). The summed E-state index contributed by atoms with van der Waals surface area (Å²) in [5.41, 5.74) is -0.243. The Kier molecular flexibility index (Phi) is 12.4. The number of hydrogen-bond donors (Lipinski definition) is 2. The molecule has 1 heterocycles. The summed E-state index contributed by atoms with van der Waals surface area (Å²) in [7, 11) is 1.42. The van der Waals surface area contributed by atoms with Crippen molar-refractivity contribution in [3.63, 3.8) is 0 Å². The van der Waals surface area contributed by atoms with E-state index < -0.39 is 49.6 Å². The number of fused-ring (bicyclic) bond motifs is 1. The molecule has 11 nitrogen and oxygen atoms in total. The number of hydrogen-bond acceptors (Lipinski definition) is 9. The maximum atomic E-state index is 13.9. The Balaban J connectivity index is 1.38. The quantitative estimate of drug-likeness (QED) is 0.0521. The molecule has 292 valence electrons. The smallest absolute Gasteiger partial charge is 0.339 e. The zero-order chi connectivity index (χ0) is 40.2. The number of carbonyl (C=O) groups excluding carboxylic acids is 3. The number of nitrogens with one attached hydrogen (secondary N) is 2. The van der Waals surface area contributed by atoms with Crippen molar-refractivity contribution in [3.05, 3.63) is 114 Å². The number of aryl methyl sites for hydroxylation is 1. The van der Waals surface area contributed by atoms with Crippen LogP contribution in [-0.4, -0.2) is 84.2 Å². The maximum Gasteiger partial charge on any atom is 0.339 e. The van der Waals surface area contributed by atoms with E-state index in [9.17, 15) is 14.4 Å². The van der Waals surface area contributed by atoms with Gasteiger partial charge in [-0.1, -0.05) is 106 Å². The fourth-order valence-corrected chi connectivity index (χ4v) is 11.4. The van der Waals surface area contributed by atoms with E-state index in [-0.39, 0.29) is 29.5 Å². The fraction of sp³-hybridized carbons (Fsp3) is 0.372. The normalized spacial score (nSPS) is 16.8. The predicted octanol–water partition coefficient (Wildman–Crippen LogP) is 5.17. The van der Waals surface area contributed by atoms with Crippen molar-refractivity contribution in [2.75, 3.05) is 34.5 Å². The topological polar surface area (TPSA) is 134 Å². The summed E-state index contributed by atoms with van der Waals surface area (Å²) in [6.45, 7) is 15.7.